The van der Waals surface area contributed by atoms with Gasteiger partial charge in [-0.1, -0.05) is 6.92 Å². The van der Waals surface area contributed by atoms with Gasteiger partial charge >= 0.3 is 0 Å². The van der Waals surface area contributed by atoms with Gasteiger partial charge in [0.1, 0.15) is 12.4 Å². The maximum absolute atomic E-state index is 12.9. The minimum atomic E-state index is 0.225. The highest BCUT2D eigenvalue weighted by atomic mass is 16.2. The molecule has 0 aromatic carbocycles. The predicted molar refractivity (Wildman–Crippen MR) is 92.8 cm³/mol. The molecule has 134 valence electrons. The van der Waals surface area contributed by atoms with Crippen LogP contribution in [0.3, 0.4) is 0 Å². The Bertz CT molecular complexity index is 714. The second-order valence-corrected chi connectivity index (χ2v) is 7.42. The molecule has 0 N–H and O–H groups in total. The van der Waals surface area contributed by atoms with E-state index in [-0.39, 0.29) is 5.92 Å². The van der Waals surface area contributed by atoms with Gasteiger partial charge in [-0.2, -0.15) is 5.10 Å². The highest BCUT2D eigenvalue weighted by molar-refractivity contribution is 5.79. The number of aromatic nitrogens is 5. The van der Waals surface area contributed by atoms with Gasteiger partial charge in [0.05, 0.1) is 0 Å². The SMILES string of the molecule is CC1CCC(C(=O)N2CCc3nnc(Cn4cccn4)n3CC2)CC1. The van der Waals surface area contributed by atoms with Crippen molar-refractivity contribution in [3.05, 3.63) is 30.1 Å². The first-order valence-electron chi connectivity index (χ1n) is 9.38. The maximum atomic E-state index is 12.9. The minimum Gasteiger partial charge on any atom is -0.340 e. The van der Waals surface area contributed by atoms with Crippen LogP contribution in [0.15, 0.2) is 18.5 Å². The standard InChI is InChI=1S/C18H26N6O/c1-14-3-5-15(6-4-14)18(25)22-10-7-16-20-21-17(24(16)12-11-22)13-23-9-2-8-19-23/h2,8-9,14-15H,3-7,10-13H2,1H3. The second kappa shape index (κ2) is 6.98. The van der Waals surface area contributed by atoms with Crippen molar-refractivity contribution in [3.63, 3.8) is 0 Å². The quantitative estimate of drug-likeness (QED) is 0.852. The van der Waals surface area contributed by atoms with E-state index in [1.54, 1.807) is 6.20 Å². The van der Waals surface area contributed by atoms with Crippen LogP contribution >= 0.6 is 0 Å². The molecule has 0 spiro atoms. The number of hydrogen-bond donors (Lipinski definition) is 0. The summed E-state index contributed by atoms with van der Waals surface area (Å²) >= 11 is 0. The Hall–Kier alpha value is -2.18. The van der Waals surface area contributed by atoms with E-state index >= 15 is 0 Å². The lowest BCUT2D eigenvalue weighted by atomic mass is 9.82. The summed E-state index contributed by atoms with van der Waals surface area (Å²) in [7, 11) is 0. The van der Waals surface area contributed by atoms with Crippen LogP contribution in [-0.2, 0) is 24.3 Å². The van der Waals surface area contributed by atoms with Crippen molar-refractivity contribution in [2.45, 2.75) is 52.1 Å². The van der Waals surface area contributed by atoms with Gasteiger partial charge < -0.3 is 9.47 Å². The number of carbonyl (C=O) groups is 1. The van der Waals surface area contributed by atoms with Gasteiger partial charge in [-0.25, -0.2) is 0 Å². The highest BCUT2D eigenvalue weighted by Gasteiger charge is 2.29. The van der Waals surface area contributed by atoms with E-state index in [1.807, 2.05) is 21.8 Å². The van der Waals surface area contributed by atoms with E-state index in [2.05, 4.69) is 26.8 Å². The van der Waals surface area contributed by atoms with Crippen LogP contribution in [0.1, 0.15) is 44.3 Å². The van der Waals surface area contributed by atoms with Gasteiger partial charge in [0.25, 0.3) is 0 Å². The zero-order valence-corrected chi connectivity index (χ0v) is 14.8. The summed E-state index contributed by atoms with van der Waals surface area (Å²) in [6.45, 7) is 5.19. The summed E-state index contributed by atoms with van der Waals surface area (Å²) < 4.78 is 4.02. The van der Waals surface area contributed by atoms with E-state index in [1.165, 1.54) is 12.8 Å². The third-order valence-corrected chi connectivity index (χ3v) is 5.64. The molecule has 7 heteroatoms. The summed E-state index contributed by atoms with van der Waals surface area (Å²) in [5, 5.41) is 12.9. The lowest BCUT2D eigenvalue weighted by Gasteiger charge is -2.30. The van der Waals surface area contributed by atoms with Gasteiger partial charge in [0.15, 0.2) is 5.82 Å². The summed E-state index contributed by atoms with van der Waals surface area (Å²) in [6.07, 6.45) is 8.94. The molecule has 1 fully saturated rings. The number of hydrogen-bond acceptors (Lipinski definition) is 4. The Balaban J connectivity index is 1.42. The lowest BCUT2D eigenvalue weighted by Crippen LogP contribution is -2.39. The van der Waals surface area contributed by atoms with Crippen molar-refractivity contribution < 1.29 is 4.79 Å². The Kier molecular flexibility index (Phi) is 4.55. The van der Waals surface area contributed by atoms with Crippen molar-refractivity contribution in [1.82, 2.24) is 29.4 Å². The summed E-state index contributed by atoms with van der Waals surface area (Å²) in [5.74, 6) is 3.24. The molecule has 0 unspecified atom stereocenters. The highest BCUT2D eigenvalue weighted by Crippen LogP contribution is 2.30. The molecule has 7 nitrogen and oxygen atoms in total. The third kappa shape index (κ3) is 3.45. The Morgan fingerprint density at radius 2 is 2.00 bits per heavy atom. The smallest absolute Gasteiger partial charge is 0.225 e. The van der Waals surface area contributed by atoms with Crippen molar-refractivity contribution in [2.24, 2.45) is 11.8 Å². The van der Waals surface area contributed by atoms with Gasteiger partial charge in [-0.15, -0.1) is 10.2 Å². The van der Waals surface area contributed by atoms with Crippen molar-refractivity contribution in [2.75, 3.05) is 13.1 Å². The van der Waals surface area contributed by atoms with Gasteiger partial charge in [-0.3, -0.25) is 9.48 Å². The molecule has 1 aliphatic heterocycles. The Labute approximate surface area is 148 Å². The normalized spacial score (nSPS) is 24.0. The Morgan fingerprint density at radius 3 is 2.76 bits per heavy atom. The van der Waals surface area contributed by atoms with Crippen LogP contribution in [0.5, 0.6) is 0 Å². The monoisotopic (exact) mass is 342 g/mol. The minimum absolute atomic E-state index is 0.225. The van der Waals surface area contributed by atoms with Crippen LogP contribution in [0.4, 0.5) is 0 Å². The average molecular weight is 342 g/mol. The molecule has 0 saturated heterocycles. The molecule has 1 amide bonds. The zero-order chi connectivity index (χ0) is 17.2. The van der Waals surface area contributed by atoms with Crippen LogP contribution < -0.4 is 0 Å². The number of amides is 1. The molecule has 2 aromatic heterocycles. The van der Waals surface area contributed by atoms with Crippen molar-refractivity contribution in [3.8, 4) is 0 Å². The average Bonchev–Trinajstić information content (AvgIpc) is 3.21. The molecule has 1 aliphatic carbocycles. The van der Waals surface area contributed by atoms with Crippen LogP contribution in [0.25, 0.3) is 0 Å². The van der Waals surface area contributed by atoms with Crippen molar-refractivity contribution >= 4 is 5.91 Å². The lowest BCUT2D eigenvalue weighted by molar-refractivity contribution is -0.136. The fraction of sp³-hybridized carbons (Fsp3) is 0.667. The van der Waals surface area contributed by atoms with E-state index in [0.717, 1.165) is 56.5 Å². The van der Waals surface area contributed by atoms with E-state index < -0.39 is 0 Å². The summed E-state index contributed by atoms with van der Waals surface area (Å²) in [5.41, 5.74) is 0. The second-order valence-electron chi connectivity index (χ2n) is 7.42. The summed E-state index contributed by atoms with van der Waals surface area (Å²) in [6, 6.07) is 1.91. The molecular weight excluding hydrogens is 316 g/mol. The molecule has 0 radical (unpaired) electrons. The first kappa shape index (κ1) is 16.3. The molecule has 4 rings (SSSR count). The molecule has 25 heavy (non-hydrogen) atoms. The fourth-order valence-electron chi connectivity index (χ4n) is 4.02. The molecule has 3 heterocycles. The molecular formula is C18H26N6O. The van der Waals surface area contributed by atoms with Crippen molar-refractivity contribution in [1.29, 1.82) is 0 Å². The number of fused-ring (bicyclic) bond motifs is 1. The zero-order valence-electron chi connectivity index (χ0n) is 14.8. The molecule has 2 aliphatic rings. The predicted octanol–water partition coefficient (Wildman–Crippen LogP) is 1.73. The van der Waals surface area contributed by atoms with E-state index in [9.17, 15) is 4.79 Å². The van der Waals surface area contributed by atoms with Gasteiger partial charge in [-0.05, 0) is 37.7 Å². The van der Waals surface area contributed by atoms with Crippen LogP contribution in [0.2, 0.25) is 0 Å². The van der Waals surface area contributed by atoms with Crippen LogP contribution in [-0.4, -0.2) is 48.4 Å². The van der Waals surface area contributed by atoms with E-state index in [4.69, 9.17) is 0 Å². The topological polar surface area (TPSA) is 68.8 Å². The Morgan fingerprint density at radius 1 is 1.16 bits per heavy atom. The molecule has 2 aromatic rings. The third-order valence-electron chi connectivity index (χ3n) is 5.64. The van der Waals surface area contributed by atoms with Gasteiger partial charge in [0.2, 0.25) is 5.91 Å². The molecule has 1 saturated carbocycles. The maximum Gasteiger partial charge on any atom is 0.225 e. The number of carbonyl (C=O) groups excluding carboxylic acids is 1. The first-order valence-corrected chi connectivity index (χ1v) is 9.38. The fourth-order valence-corrected chi connectivity index (χ4v) is 4.02. The van der Waals surface area contributed by atoms with E-state index in [0.29, 0.717) is 12.5 Å². The molecule has 0 atom stereocenters. The number of nitrogens with zero attached hydrogens (tertiary/aromatic N) is 6. The van der Waals surface area contributed by atoms with Gasteiger partial charge in [0, 0.05) is 44.4 Å². The first-order chi connectivity index (χ1) is 12.2. The number of rotatable bonds is 3. The van der Waals surface area contributed by atoms with Crippen LogP contribution in [0, 0.1) is 11.8 Å². The summed E-state index contributed by atoms with van der Waals surface area (Å²) in [4.78, 5) is 14.9. The largest absolute Gasteiger partial charge is 0.340 e. The molecule has 0 bridgehead atoms.